The summed E-state index contributed by atoms with van der Waals surface area (Å²) >= 11 is 0. The minimum absolute atomic E-state index is 0.252. The van der Waals surface area contributed by atoms with Crippen LogP contribution in [0.3, 0.4) is 0 Å². The lowest BCUT2D eigenvalue weighted by Gasteiger charge is -2.38. The second-order valence-electron chi connectivity index (χ2n) is 12.3. The highest BCUT2D eigenvalue weighted by atomic mass is 16.5. The molecule has 2 aromatic carbocycles. The van der Waals surface area contributed by atoms with Crippen LogP contribution in [0.2, 0.25) is 0 Å². The number of phenols is 1. The molecule has 1 aromatic heterocycles. The number of aromatic hydroxyl groups is 1. The number of carboxylic acid groups (broad SMARTS) is 1. The molecular weight excluding hydrogens is 544 g/mol. The van der Waals surface area contributed by atoms with Crippen molar-refractivity contribution in [1.82, 2.24) is 15.0 Å². The highest BCUT2D eigenvalue weighted by molar-refractivity contribution is 5.75. The second-order valence-corrected chi connectivity index (χ2v) is 12.3. The summed E-state index contributed by atoms with van der Waals surface area (Å²) in [5.74, 6) is 1.67. The molecule has 3 aromatic rings. The van der Waals surface area contributed by atoms with Crippen molar-refractivity contribution in [2.75, 3.05) is 33.9 Å². The van der Waals surface area contributed by atoms with E-state index in [0.717, 1.165) is 55.1 Å². The van der Waals surface area contributed by atoms with Gasteiger partial charge in [-0.15, -0.1) is 0 Å². The first-order valence-electron chi connectivity index (χ1n) is 15.5. The van der Waals surface area contributed by atoms with Crippen LogP contribution in [0.1, 0.15) is 82.8 Å². The highest BCUT2D eigenvalue weighted by Gasteiger charge is 2.41. The van der Waals surface area contributed by atoms with Crippen molar-refractivity contribution in [3.05, 3.63) is 53.6 Å². The lowest BCUT2D eigenvalue weighted by molar-refractivity contribution is -0.156. The number of likely N-dealkylation sites (tertiary alicyclic amines) is 1. The molecule has 43 heavy (non-hydrogen) atoms. The van der Waals surface area contributed by atoms with Crippen molar-refractivity contribution in [3.8, 4) is 28.6 Å². The van der Waals surface area contributed by atoms with E-state index in [1.807, 2.05) is 36.4 Å². The van der Waals surface area contributed by atoms with E-state index in [9.17, 15) is 15.0 Å². The molecule has 1 aliphatic carbocycles. The van der Waals surface area contributed by atoms with Gasteiger partial charge in [-0.2, -0.15) is 4.98 Å². The molecule has 2 fully saturated rings. The number of methoxy groups -OCH3 is 1. The van der Waals surface area contributed by atoms with Gasteiger partial charge in [-0.1, -0.05) is 75.5 Å². The first kappa shape index (κ1) is 34.2. The van der Waals surface area contributed by atoms with E-state index in [0.29, 0.717) is 41.8 Å². The van der Waals surface area contributed by atoms with Crippen molar-refractivity contribution in [1.29, 1.82) is 0 Å². The molecule has 0 unspecified atom stereocenters. The standard InChI is InChI=1S/C29H35N3O5.C4H10.CH5N/c1-36-19-29(28(34)35)13-15-32(16-14-29)18-20-7-9-22(10-8-20)26-30-27(37-31-26)23-11-12-24(25(33)17-23)21-5-3-2-4-6-21;1-4(2)3;1-2/h7-12,17,21,33H,2-6,13-16,18-19H2,1H3,(H,34,35);4H,1-3H3;2H2,1H3. The van der Waals surface area contributed by atoms with Crippen LogP contribution >= 0.6 is 0 Å². The maximum atomic E-state index is 11.8. The van der Waals surface area contributed by atoms with E-state index in [4.69, 9.17) is 9.26 Å². The summed E-state index contributed by atoms with van der Waals surface area (Å²) in [5.41, 5.74) is 7.44. The summed E-state index contributed by atoms with van der Waals surface area (Å²) in [7, 11) is 3.06. The quantitative estimate of drug-likeness (QED) is 0.260. The number of phenolic OH excluding ortho intramolecular Hbond substituents is 1. The Labute approximate surface area is 256 Å². The molecule has 0 radical (unpaired) electrons. The molecule has 9 nitrogen and oxygen atoms in total. The van der Waals surface area contributed by atoms with Crippen LogP contribution in [0.15, 0.2) is 47.0 Å². The maximum absolute atomic E-state index is 11.8. The molecule has 0 atom stereocenters. The van der Waals surface area contributed by atoms with Crippen molar-refractivity contribution in [2.24, 2.45) is 17.1 Å². The van der Waals surface area contributed by atoms with Gasteiger partial charge >= 0.3 is 5.97 Å². The van der Waals surface area contributed by atoms with Gasteiger partial charge in [0.1, 0.15) is 5.75 Å². The molecule has 2 heterocycles. The lowest BCUT2D eigenvalue weighted by Crippen LogP contribution is -2.46. The zero-order chi connectivity index (χ0) is 31.4. The molecule has 1 aliphatic heterocycles. The molecule has 4 N–H and O–H groups in total. The topological polar surface area (TPSA) is 135 Å². The zero-order valence-electron chi connectivity index (χ0n) is 26.5. The number of benzene rings is 2. The van der Waals surface area contributed by atoms with Gasteiger partial charge in [0.25, 0.3) is 5.89 Å². The normalized spacial score (nSPS) is 17.0. The van der Waals surface area contributed by atoms with E-state index in [-0.39, 0.29) is 6.61 Å². The molecule has 2 aliphatic rings. The number of piperidine rings is 1. The summed E-state index contributed by atoms with van der Waals surface area (Å²) < 4.78 is 10.7. The van der Waals surface area contributed by atoms with E-state index in [1.54, 1.807) is 13.2 Å². The number of hydrogen-bond donors (Lipinski definition) is 3. The molecule has 0 bridgehead atoms. The number of aromatic nitrogens is 2. The van der Waals surface area contributed by atoms with Gasteiger partial charge in [-0.05, 0) is 80.9 Å². The summed E-state index contributed by atoms with van der Waals surface area (Å²) in [6.45, 7) is 8.95. The third-order valence-electron chi connectivity index (χ3n) is 8.05. The molecule has 1 saturated heterocycles. The molecule has 0 spiro atoms. The van der Waals surface area contributed by atoms with Crippen LogP contribution in [0.25, 0.3) is 22.8 Å². The van der Waals surface area contributed by atoms with Crippen molar-refractivity contribution in [3.63, 3.8) is 0 Å². The van der Waals surface area contributed by atoms with Gasteiger partial charge in [-0.25, -0.2) is 0 Å². The molecule has 0 amide bonds. The first-order valence-corrected chi connectivity index (χ1v) is 15.5. The predicted octanol–water partition coefficient (Wildman–Crippen LogP) is 6.71. The first-order chi connectivity index (χ1) is 20.7. The number of carbonyl (C=O) groups is 1. The van der Waals surface area contributed by atoms with Crippen LogP contribution in [-0.2, 0) is 16.1 Å². The Kier molecular flexibility index (Phi) is 13.2. The summed E-state index contributed by atoms with van der Waals surface area (Å²) in [4.78, 5) is 18.6. The van der Waals surface area contributed by atoms with Crippen molar-refractivity contribution >= 4 is 5.97 Å². The Morgan fingerprint density at radius 2 is 1.65 bits per heavy atom. The Morgan fingerprint density at radius 3 is 2.21 bits per heavy atom. The fourth-order valence-corrected chi connectivity index (χ4v) is 5.75. The SMILES string of the molecule is CC(C)C.CN.COCC1(C(=O)O)CCN(Cc2ccc(-c3noc(-c4ccc(C5CCCCC5)c(O)c4)n3)cc2)CC1. The third kappa shape index (κ3) is 9.36. The number of rotatable bonds is 8. The molecule has 236 valence electrons. The van der Waals surface area contributed by atoms with E-state index in [2.05, 4.69) is 41.5 Å². The highest BCUT2D eigenvalue weighted by Crippen LogP contribution is 2.39. The van der Waals surface area contributed by atoms with Gasteiger partial charge in [0.05, 0.1) is 12.0 Å². The van der Waals surface area contributed by atoms with Crippen LogP contribution in [0.5, 0.6) is 5.75 Å². The Balaban J connectivity index is 0.000000780. The van der Waals surface area contributed by atoms with E-state index in [1.165, 1.54) is 26.3 Å². The number of aliphatic carboxylic acids is 1. The number of ether oxygens (including phenoxy) is 1. The average molecular weight is 595 g/mol. The third-order valence-corrected chi connectivity index (χ3v) is 8.05. The number of nitrogens with two attached hydrogens (primary N) is 1. The minimum atomic E-state index is -0.779. The Bertz CT molecular complexity index is 1260. The largest absolute Gasteiger partial charge is 0.508 e. The van der Waals surface area contributed by atoms with Crippen LogP contribution < -0.4 is 5.73 Å². The molecule has 1 saturated carbocycles. The average Bonchev–Trinajstić information content (AvgIpc) is 3.50. The van der Waals surface area contributed by atoms with Gasteiger partial charge in [-0.3, -0.25) is 9.69 Å². The molecule has 9 heteroatoms. The Morgan fingerprint density at radius 1 is 1.05 bits per heavy atom. The molecule has 5 rings (SSSR count). The maximum Gasteiger partial charge on any atom is 0.312 e. The summed E-state index contributed by atoms with van der Waals surface area (Å²) in [5, 5.41) is 24.5. The van der Waals surface area contributed by atoms with Crippen molar-refractivity contribution in [2.45, 2.75) is 78.2 Å². The van der Waals surface area contributed by atoms with Gasteiger partial charge in [0, 0.05) is 24.8 Å². The molecular formula is C34H50N4O5. The lowest BCUT2D eigenvalue weighted by atomic mass is 9.79. The minimum Gasteiger partial charge on any atom is -0.508 e. The second kappa shape index (κ2) is 16.5. The van der Waals surface area contributed by atoms with E-state index >= 15 is 0 Å². The number of carboxylic acids is 1. The van der Waals surface area contributed by atoms with Gasteiger partial charge < -0.3 is 25.2 Å². The number of nitrogens with zero attached hydrogens (tertiary/aromatic N) is 3. The predicted molar refractivity (Wildman–Crippen MR) is 170 cm³/mol. The van der Waals surface area contributed by atoms with E-state index < -0.39 is 11.4 Å². The van der Waals surface area contributed by atoms with Crippen LogP contribution in [0.4, 0.5) is 0 Å². The Hall–Kier alpha value is -3.27. The fraction of sp³-hybridized carbons (Fsp3) is 0.559. The van der Waals surface area contributed by atoms with Gasteiger partial charge in [0.2, 0.25) is 5.82 Å². The summed E-state index contributed by atoms with van der Waals surface area (Å²) in [6.07, 6.45) is 7.13. The van der Waals surface area contributed by atoms with Crippen LogP contribution in [-0.4, -0.2) is 65.1 Å². The zero-order valence-corrected chi connectivity index (χ0v) is 26.5. The summed E-state index contributed by atoms with van der Waals surface area (Å²) in [6, 6.07) is 13.7. The van der Waals surface area contributed by atoms with Gasteiger partial charge in [0.15, 0.2) is 0 Å². The van der Waals surface area contributed by atoms with Crippen molar-refractivity contribution < 1.29 is 24.3 Å². The van der Waals surface area contributed by atoms with Crippen LogP contribution in [0, 0.1) is 11.3 Å². The fourth-order valence-electron chi connectivity index (χ4n) is 5.75. The smallest absolute Gasteiger partial charge is 0.312 e. The monoisotopic (exact) mass is 594 g/mol. The number of hydrogen-bond acceptors (Lipinski definition) is 8.